The van der Waals surface area contributed by atoms with Crippen molar-refractivity contribution >= 4 is 21.7 Å². The summed E-state index contributed by atoms with van der Waals surface area (Å²) in [5.41, 5.74) is 0.402. The van der Waals surface area contributed by atoms with E-state index in [2.05, 4.69) is 15.0 Å². The SMILES string of the molecule is CN(C(=O)c1ccc(S(=O)(=O)N2CCC(c3ncc[nH]3)CC2)cc1)c1ccccn1. The minimum absolute atomic E-state index is 0.191. The number of piperidine rings is 1. The largest absolute Gasteiger partial charge is 0.348 e. The molecule has 3 heterocycles. The van der Waals surface area contributed by atoms with E-state index in [4.69, 9.17) is 0 Å². The zero-order chi connectivity index (χ0) is 21.1. The summed E-state index contributed by atoms with van der Waals surface area (Å²) in [5.74, 6) is 1.43. The molecule has 1 aliphatic rings. The van der Waals surface area contributed by atoms with Crippen molar-refractivity contribution in [3.05, 3.63) is 72.4 Å². The highest BCUT2D eigenvalue weighted by Gasteiger charge is 2.31. The van der Waals surface area contributed by atoms with Gasteiger partial charge in [0.05, 0.1) is 4.90 Å². The molecule has 1 fully saturated rings. The van der Waals surface area contributed by atoms with Crippen LogP contribution in [0.3, 0.4) is 0 Å². The molecule has 0 atom stereocenters. The average molecular weight is 426 g/mol. The van der Waals surface area contributed by atoms with Crippen molar-refractivity contribution in [2.75, 3.05) is 25.0 Å². The van der Waals surface area contributed by atoms with Gasteiger partial charge in [-0.2, -0.15) is 4.31 Å². The number of hydrogen-bond donors (Lipinski definition) is 1. The third-order valence-electron chi connectivity index (χ3n) is 5.40. The smallest absolute Gasteiger partial charge is 0.259 e. The highest BCUT2D eigenvalue weighted by atomic mass is 32.2. The van der Waals surface area contributed by atoms with Crippen molar-refractivity contribution in [3.63, 3.8) is 0 Å². The van der Waals surface area contributed by atoms with Crippen LogP contribution in [0, 0.1) is 0 Å². The normalized spacial score (nSPS) is 15.8. The summed E-state index contributed by atoms with van der Waals surface area (Å²) in [7, 11) is -1.97. The minimum atomic E-state index is -3.60. The zero-order valence-electron chi connectivity index (χ0n) is 16.6. The predicted molar refractivity (Wildman–Crippen MR) is 113 cm³/mol. The Labute approximate surface area is 175 Å². The molecule has 1 N–H and O–H groups in total. The van der Waals surface area contributed by atoms with Gasteiger partial charge in [-0.25, -0.2) is 18.4 Å². The number of aromatic amines is 1. The summed E-state index contributed by atoms with van der Waals surface area (Å²) in [6, 6.07) is 11.4. The zero-order valence-corrected chi connectivity index (χ0v) is 17.4. The van der Waals surface area contributed by atoms with Crippen LogP contribution in [-0.2, 0) is 10.0 Å². The molecular weight excluding hydrogens is 402 g/mol. The number of carbonyl (C=O) groups is 1. The van der Waals surface area contributed by atoms with Crippen LogP contribution in [0.15, 0.2) is 66.0 Å². The number of sulfonamides is 1. The summed E-state index contributed by atoms with van der Waals surface area (Å²) in [5, 5.41) is 0. The first-order valence-electron chi connectivity index (χ1n) is 9.75. The number of nitrogens with one attached hydrogen (secondary N) is 1. The third kappa shape index (κ3) is 3.99. The quantitative estimate of drug-likeness (QED) is 0.677. The van der Waals surface area contributed by atoms with Crippen LogP contribution in [0.2, 0.25) is 0 Å². The number of nitrogens with zero attached hydrogens (tertiary/aromatic N) is 4. The summed E-state index contributed by atoms with van der Waals surface area (Å²) in [4.78, 5) is 25.9. The van der Waals surface area contributed by atoms with Crippen molar-refractivity contribution in [2.45, 2.75) is 23.7 Å². The number of H-pyrrole nitrogens is 1. The summed E-state index contributed by atoms with van der Waals surface area (Å²) in [6.07, 6.45) is 6.55. The lowest BCUT2D eigenvalue weighted by molar-refractivity contribution is 0.0992. The first-order chi connectivity index (χ1) is 14.5. The van der Waals surface area contributed by atoms with Crippen molar-refractivity contribution in [2.24, 2.45) is 0 Å². The highest BCUT2D eigenvalue weighted by molar-refractivity contribution is 7.89. The van der Waals surface area contributed by atoms with E-state index in [0.29, 0.717) is 24.5 Å². The van der Waals surface area contributed by atoms with Crippen LogP contribution in [-0.4, -0.2) is 53.7 Å². The lowest BCUT2D eigenvalue weighted by Gasteiger charge is -2.30. The van der Waals surface area contributed by atoms with Gasteiger partial charge in [0.2, 0.25) is 10.0 Å². The lowest BCUT2D eigenvalue weighted by atomic mass is 9.98. The summed E-state index contributed by atoms with van der Waals surface area (Å²) < 4.78 is 27.5. The predicted octanol–water partition coefficient (Wildman–Crippen LogP) is 2.65. The first-order valence-corrected chi connectivity index (χ1v) is 11.2. The number of anilines is 1. The minimum Gasteiger partial charge on any atom is -0.348 e. The number of benzene rings is 1. The van der Waals surface area contributed by atoms with Gasteiger partial charge >= 0.3 is 0 Å². The van der Waals surface area contributed by atoms with Crippen molar-refractivity contribution in [3.8, 4) is 0 Å². The van der Waals surface area contributed by atoms with Gasteiger partial charge in [-0.1, -0.05) is 6.07 Å². The van der Waals surface area contributed by atoms with Gasteiger partial charge in [-0.05, 0) is 49.2 Å². The molecule has 1 aromatic carbocycles. The Morgan fingerprint density at radius 3 is 2.40 bits per heavy atom. The van der Waals surface area contributed by atoms with Gasteiger partial charge in [0, 0.05) is 50.2 Å². The molecule has 0 radical (unpaired) electrons. The highest BCUT2D eigenvalue weighted by Crippen LogP contribution is 2.29. The molecule has 8 nitrogen and oxygen atoms in total. The van der Waals surface area contributed by atoms with E-state index >= 15 is 0 Å². The number of pyridine rings is 1. The molecule has 9 heteroatoms. The Balaban J connectivity index is 1.45. The molecule has 30 heavy (non-hydrogen) atoms. The Hall–Kier alpha value is -3.04. The van der Waals surface area contributed by atoms with Crippen LogP contribution in [0.25, 0.3) is 0 Å². The van der Waals surface area contributed by atoms with E-state index in [1.165, 1.54) is 21.3 Å². The maximum atomic E-state index is 13.0. The molecule has 0 saturated carbocycles. The topological polar surface area (TPSA) is 99.3 Å². The van der Waals surface area contributed by atoms with Crippen LogP contribution < -0.4 is 4.90 Å². The lowest BCUT2D eigenvalue weighted by Crippen LogP contribution is -2.38. The molecule has 1 saturated heterocycles. The van der Waals surface area contributed by atoms with E-state index in [9.17, 15) is 13.2 Å². The molecule has 0 bridgehead atoms. The van der Waals surface area contributed by atoms with E-state index < -0.39 is 10.0 Å². The number of amides is 1. The molecule has 0 spiro atoms. The standard InChI is InChI=1S/C21H23N5O3S/c1-25(19-4-2-3-11-22-19)21(27)17-5-7-18(8-6-17)30(28,29)26-14-9-16(10-15-26)20-23-12-13-24-20/h2-8,11-13,16H,9-10,14-15H2,1H3,(H,23,24). The Morgan fingerprint density at radius 2 is 1.80 bits per heavy atom. The second-order valence-electron chi connectivity index (χ2n) is 7.23. The summed E-state index contributed by atoms with van der Waals surface area (Å²) in [6.45, 7) is 0.883. The van der Waals surface area contributed by atoms with Crippen molar-refractivity contribution in [1.82, 2.24) is 19.3 Å². The van der Waals surface area contributed by atoms with E-state index in [0.717, 1.165) is 18.7 Å². The molecule has 1 amide bonds. The fourth-order valence-electron chi connectivity index (χ4n) is 3.64. The number of hydrogen-bond acceptors (Lipinski definition) is 5. The Bertz CT molecular complexity index is 1090. The third-order valence-corrected chi connectivity index (χ3v) is 7.31. The van der Waals surface area contributed by atoms with Crippen molar-refractivity contribution < 1.29 is 13.2 Å². The summed E-state index contributed by atoms with van der Waals surface area (Å²) >= 11 is 0. The molecule has 1 aliphatic heterocycles. The molecule has 0 unspecified atom stereocenters. The number of rotatable bonds is 5. The number of carbonyl (C=O) groups excluding carboxylic acids is 1. The molecule has 156 valence electrons. The molecule has 3 aromatic rings. The number of aromatic nitrogens is 3. The van der Waals surface area contributed by atoms with Gasteiger partial charge in [-0.15, -0.1) is 0 Å². The van der Waals surface area contributed by atoms with Gasteiger partial charge in [0.25, 0.3) is 5.91 Å². The van der Waals surface area contributed by atoms with Gasteiger partial charge < -0.3 is 4.98 Å². The molecule has 0 aliphatic carbocycles. The van der Waals surface area contributed by atoms with E-state index in [1.54, 1.807) is 56.0 Å². The number of imidazole rings is 1. The maximum absolute atomic E-state index is 13.0. The van der Waals surface area contributed by atoms with Crippen LogP contribution in [0.4, 0.5) is 5.82 Å². The van der Waals surface area contributed by atoms with Gasteiger partial charge in [-0.3, -0.25) is 9.69 Å². The Morgan fingerprint density at radius 1 is 1.07 bits per heavy atom. The van der Waals surface area contributed by atoms with Gasteiger partial charge in [0.1, 0.15) is 11.6 Å². The average Bonchev–Trinajstić information content (AvgIpc) is 3.34. The van der Waals surface area contributed by atoms with E-state index in [-0.39, 0.29) is 16.7 Å². The van der Waals surface area contributed by atoms with Crippen LogP contribution >= 0.6 is 0 Å². The van der Waals surface area contributed by atoms with Crippen molar-refractivity contribution in [1.29, 1.82) is 0 Å². The fraction of sp³-hybridized carbons (Fsp3) is 0.286. The monoisotopic (exact) mass is 425 g/mol. The second-order valence-corrected chi connectivity index (χ2v) is 9.17. The maximum Gasteiger partial charge on any atom is 0.259 e. The Kier molecular flexibility index (Phi) is 5.65. The van der Waals surface area contributed by atoms with Crippen LogP contribution in [0.5, 0.6) is 0 Å². The van der Waals surface area contributed by atoms with Crippen LogP contribution in [0.1, 0.15) is 34.9 Å². The molecular formula is C21H23N5O3S. The molecule has 2 aromatic heterocycles. The first kappa shape index (κ1) is 20.2. The molecule has 4 rings (SSSR count). The van der Waals surface area contributed by atoms with E-state index in [1.807, 2.05) is 0 Å². The second kappa shape index (κ2) is 8.37. The van der Waals surface area contributed by atoms with Gasteiger partial charge in [0.15, 0.2) is 0 Å². The fourth-order valence-corrected chi connectivity index (χ4v) is 5.11.